The van der Waals surface area contributed by atoms with Crippen LogP contribution in [0.2, 0.25) is 0 Å². The number of aryl methyl sites for hydroxylation is 2. The summed E-state index contributed by atoms with van der Waals surface area (Å²) in [4.78, 5) is 1.43. The summed E-state index contributed by atoms with van der Waals surface area (Å²) in [5, 5.41) is 11.8. The lowest BCUT2D eigenvalue weighted by atomic mass is 10.0. The summed E-state index contributed by atoms with van der Waals surface area (Å²) in [5.74, 6) is 1.58. The molecule has 2 aromatic rings. The van der Waals surface area contributed by atoms with Gasteiger partial charge in [0.25, 0.3) is 0 Å². The van der Waals surface area contributed by atoms with Crippen molar-refractivity contribution in [2.75, 3.05) is 0 Å². The molecule has 0 aliphatic rings. The fraction of sp³-hybridized carbons (Fsp3) is 0.500. The van der Waals surface area contributed by atoms with E-state index in [1.807, 2.05) is 13.0 Å². The van der Waals surface area contributed by atoms with Crippen molar-refractivity contribution in [3.8, 4) is 0 Å². The molecule has 2 rings (SSSR count). The first-order valence-corrected chi connectivity index (χ1v) is 5.25. The number of hydrogen-bond donors (Lipinski definition) is 1. The molecule has 16 heavy (non-hydrogen) atoms. The van der Waals surface area contributed by atoms with Crippen LogP contribution < -0.4 is 5.73 Å². The lowest BCUT2D eigenvalue weighted by Gasteiger charge is -2.08. The smallest absolute Gasteiger partial charge is 0.176 e. The van der Waals surface area contributed by atoms with Gasteiger partial charge in [-0.2, -0.15) is 4.80 Å². The highest BCUT2D eigenvalue weighted by Gasteiger charge is 2.15. The van der Waals surface area contributed by atoms with Crippen molar-refractivity contribution in [2.45, 2.75) is 25.8 Å². The van der Waals surface area contributed by atoms with E-state index in [4.69, 9.17) is 10.2 Å². The number of rotatable bonds is 4. The standard InChI is InChI=1S/C10H15N5O/c1-3-9-7(4-5-16-9)8(11)6-10-12-14-15(2)13-10/h4-5,8H,3,6,11H2,1-2H3. The Bertz CT molecular complexity index is 461. The zero-order valence-electron chi connectivity index (χ0n) is 9.42. The fourth-order valence-electron chi connectivity index (χ4n) is 1.68. The molecule has 0 aromatic carbocycles. The van der Waals surface area contributed by atoms with Gasteiger partial charge in [-0.25, -0.2) is 0 Å². The van der Waals surface area contributed by atoms with Crippen LogP contribution in [-0.4, -0.2) is 20.2 Å². The summed E-state index contributed by atoms with van der Waals surface area (Å²) in [6.07, 6.45) is 3.07. The third kappa shape index (κ3) is 2.11. The summed E-state index contributed by atoms with van der Waals surface area (Å²) in [6, 6.07) is 1.76. The molecule has 0 fully saturated rings. The average molecular weight is 221 g/mol. The molecule has 2 aromatic heterocycles. The Morgan fingerprint density at radius 2 is 2.38 bits per heavy atom. The van der Waals surface area contributed by atoms with E-state index in [1.165, 1.54) is 4.80 Å². The Morgan fingerprint density at radius 3 is 3.00 bits per heavy atom. The molecule has 6 heteroatoms. The van der Waals surface area contributed by atoms with Gasteiger partial charge in [-0.05, 0) is 11.3 Å². The predicted molar refractivity (Wildman–Crippen MR) is 57.5 cm³/mol. The highest BCUT2D eigenvalue weighted by molar-refractivity contribution is 5.21. The van der Waals surface area contributed by atoms with Crippen molar-refractivity contribution in [3.05, 3.63) is 29.5 Å². The quantitative estimate of drug-likeness (QED) is 0.817. The molecule has 0 spiro atoms. The minimum Gasteiger partial charge on any atom is -0.469 e. The number of hydrogen-bond acceptors (Lipinski definition) is 5. The van der Waals surface area contributed by atoms with Crippen LogP contribution in [0.25, 0.3) is 0 Å². The third-order valence-electron chi connectivity index (χ3n) is 2.45. The summed E-state index contributed by atoms with van der Waals surface area (Å²) in [6.45, 7) is 2.04. The second-order valence-corrected chi connectivity index (χ2v) is 3.66. The first-order valence-electron chi connectivity index (χ1n) is 5.25. The van der Waals surface area contributed by atoms with Crippen LogP contribution in [0.1, 0.15) is 30.1 Å². The minimum atomic E-state index is -0.141. The summed E-state index contributed by atoms with van der Waals surface area (Å²) < 4.78 is 5.34. The van der Waals surface area contributed by atoms with Gasteiger partial charge in [0.15, 0.2) is 5.82 Å². The van der Waals surface area contributed by atoms with E-state index < -0.39 is 0 Å². The molecule has 2 heterocycles. The molecular weight excluding hydrogens is 206 g/mol. The Morgan fingerprint density at radius 1 is 1.56 bits per heavy atom. The van der Waals surface area contributed by atoms with Crippen LogP contribution in [-0.2, 0) is 19.9 Å². The number of tetrazole rings is 1. The number of furan rings is 1. The van der Waals surface area contributed by atoms with Crippen LogP contribution in [0.5, 0.6) is 0 Å². The zero-order chi connectivity index (χ0) is 11.5. The van der Waals surface area contributed by atoms with Crippen molar-refractivity contribution in [1.29, 1.82) is 0 Å². The monoisotopic (exact) mass is 221 g/mol. The molecule has 0 saturated carbocycles. The van der Waals surface area contributed by atoms with E-state index in [2.05, 4.69) is 15.4 Å². The SMILES string of the molecule is CCc1occc1C(N)Cc1nnn(C)n1. The Hall–Kier alpha value is -1.69. The van der Waals surface area contributed by atoms with Crippen molar-refractivity contribution in [2.24, 2.45) is 12.8 Å². The largest absolute Gasteiger partial charge is 0.469 e. The fourth-order valence-corrected chi connectivity index (χ4v) is 1.68. The lowest BCUT2D eigenvalue weighted by molar-refractivity contribution is 0.504. The van der Waals surface area contributed by atoms with Crippen LogP contribution in [0.15, 0.2) is 16.7 Å². The molecule has 0 bridgehead atoms. The Balaban J connectivity index is 2.11. The van der Waals surface area contributed by atoms with Crippen LogP contribution >= 0.6 is 0 Å². The van der Waals surface area contributed by atoms with E-state index >= 15 is 0 Å². The van der Waals surface area contributed by atoms with Gasteiger partial charge in [-0.15, -0.1) is 10.2 Å². The zero-order valence-corrected chi connectivity index (χ0v) is 9.42. The van der Waals surface area contributed by atoms with Gasteiger partial charge in [0.1, 0.15) is 5.76 Å². The highest BCUT2D eigenvalue weighted by Crippen LogP contribution is 2.20. The minimum absolute atomic E-state index is 0.141. The second kappa shape index (κ2) is 4.44. The number of aromatic nitrogens is 4. The molecule has 0 radical (unpaired) electrons. The topological polar surface area (TPSA) is 82.8 Å². The van der Waals surface area contributed by atoms with E-state index in [9.17, 15) is 0 Å². The van der Waals surface area contributed by atoms with Crippen molar-refractivity contribution in [3.63, 3.8) is 0 Å². The van der Waals surface area contributed by atoms with Crippen molar-refractivity contribution in [1.82, 2.24) is 20.2 Å². The van der Waals surface area contributed by atoms with Gasteiger partial charge < -0.3 is 10.2 Å². The molecule has 6 nitrogen and oxygen atoms in total. The van der Waals surface area contributed by atoms with Gasteiger partial charge in [-0.1, -0.05) is 6.92 Å². The van der Waals surface area contributed by atoms with E-state index in [0.717, 1.165) is 17.7 Å². The van der Waals surface area contributed by atoms with E-state index in [-0.39, 0.29) is 6.04 Å². The lowest BCUT2D eigenvalue weighted by Crippen LogP contribution is -2.15. The van der Waals surface area contributed by atoms with Gasteiger partial charge in [0, 0.05) is 24.4 Å². The van der Waals surface area contributed by atoms with Gasteiger partial charge in [-0.3, -0.25) is 0 Å². The molecule has 0 amide bonds. The average Bonchev–Trinajstić information content (AvgIpc) is 2.86. The first-order chi connectivity index (χ1) is 7.70. The molecule has 2 N–H and O–H groups in total. The van der Waals surface area contributed by atoms with E-state index in [0.29, 0.717) is 12.2 Å². The van der Waals surface area contributed by atoms with Crippen LogP contribution in [0.3, 0.4) is 0 Å². The molecule has 0 aliphatic carbocycles. The van der Waals surface area contributed by atoms with Crippen LogP contribution in [0.4, 0.5) is 0 Å². The molecular formula is C10H15N5O. The van der Waals surface area contributed by atoms with Crippen molar-refractivity contribution >= 4 is 0 Å². The summed E-state index contributed by atoms with van der Waals surface area (Å²) in [7, 11) is 1.73. The second-order valence-electron chi connectivity index (χ2n) is 3.66. The Labute approximate surface area is 93.4 Å². The van der Waals surface area contributed by atoms with Crippen molar-refractivity contribution < 1.29 is 4.42 Å². The maximum atomic E-state index is 6.08. The number of nitrogens with two attached hydrogens (primary N) is 1. The molecule has 86 valence electrons. The first kappa shape index (κ1) is 10.8. The van der Waals surface area contributed by atoms with E-state index in [1.54, 1.807) is 13.3 Å². The normalized spacial score (nSPS) is 12.9. The third-order valence-corrected chi connectivity index (χ3v) is 2.45. The summed E-state index contributed by atoms with van der Waals surface area (Å²) >= 11 is 0. The van der Waals surface area contributed by atoms with Gasteiger partial charge >= 0.3 is 0 Å². The Kier molecular flexibility index (Phi) is 3.00. The molecule has 0 aliphatic heterocycles. The predicted octanol–water partition coefficient (Wildman–Crippen LogP) is 0.608. The maximum absolute atomic E-state index is 6.08. The van der Waals surface area contributed by atoms with Gasteiger partial charge in [0.05, 0.1) is 13.3 Å². The summed E-state index contributed by atoms with van der Waals surface area (Å²) in [5.41, 5.74) is 7.10. The number of nitrogens with zero attached hydrogens (tertiary/aromatic N) is 4. The highest BCUT2D eigenvalue weighted by atomic mass is 16.3. The molecule has 1 atom stereocenters. The maximum Gasteiger partial charge on any atom is 0.176 e. The molecule has 0 saturated heterocycles. The van der Waals surface area contributed by atoms with Gasteiger partial charge in [0.2, 0.25) is 0 Å². The molecule has 1 unspecified atom stereocenters. The van der Waals surface area contributed by atoms with Crippen LogP contribution in [0, 0.1) is 0 Å².